The molecule has 1 atom stereocenters. The largest absolute Gasteiger partial charge is 0.483 e. The third-order valence-corrected chi connectivity index (χ3v) is 5.81. The van der Waals surface area contributed by atoms with Gasteiger partial charge in [-0.05, 0) is 38.1 Å². The van der Waals surface area contributed by atoms with Gasteiger partial charge in [-0.3, -0.25) is 9.59 Å². The third kappa shape index (κ3) is 3.90. The van der Waals surface area contributed by atoms with Crippen LogP contribution in [0.25, 0.3) is 10.9 Å². The number of rotatable bonds is 4. The molecule has 0 spiro atoms. The zero-order valence-electron chi connectivity index (χ0n) is 17.7. The van der Waals surface area contributed by atoms with E-state index in [-0.39, 0.29) is 24.1 Å². The number of fused-ring (bicyclic) bond motifs is 1. The van der Waals surface area contributed by atoms with Gasteiger partial charge in [0.15, 0.2) is 6.61 Å². The summed E-state index contributed by atoms with van der Waals surface area (Å²) in [5, 5.41) is 0.824. The van der Waals surface area contributed by atoms with E-state index in [2.05, 4.69) is 43.0 Å². The summed E-state index contributed by atoms with van der Waals surface area (Å²) in [6.07, 6.45) is 0. The van der Waals surface area contributed by atoms with E-state index in [0.29, 0.717) is 18.8 Å². The van der Waals surface area contributed by atoms with Crippen molar-refractivity contribution in [3.8, 4) is 5.75 Å². The minimum atomic E-state index is -0.156. The van der Waals surface area contributed by atoms with E-state index in [1.165, 1.54) is 17.3 Å². The molecule has 0 saturated carbocycles. The molecular formula is C24H27N3O3. The first kappa shape index (κ1) is 20.0. The number of piperazine rings is 1. The van der Waals surface area contributed by atoms with E-state index in [9.17, 15) is 9.59 Å². The van der Waals surface area contributed by atoms with Crippen LogP contribution < -0.4 is 15.2 Å². The summed E-state index contributed by atoms with van der Waals surface area (Å²) in [6, 6.07) is 17.7. The fourth-order valence-electron chi connectivity index (χ4n) is 4.03. The Balaban J connectivity index is 1.42. The van der Waals surface area contributed by atoms with Crippen molar-refractivity contribution in [2.75, 3.05) is 31.1 Å². The predicted octanol–water partition coefficient (Wildman–Crippen LogP) is 2.96. The molecule has 1 amide bonds. The van der Waals surface area contributed by atoms with Gasteiger partial charge in [-0.1, -0.05) is 29.8 Å². The van der Waals surface area contributed by atoms with E-state index in [1.807, 2.05) is 29.2 Å². The number of aryl methyl sites for hydroxylation is 2. The van der Waals surface area contributed by atoms with Crippen LogP contribution in [-0.4, -0.2) is 47.7 Å². The molecule has 0 unspecified atom stereocenters. The number of ether oxygens (including phenoxy) is 1. The van der Waals surface area contributed by atoms with Gasteiger partial charge in [-0.2, -0.15) is 0 Å². The third-order valence-electron chi connectivity index (χ3n) is 5.81. The second-order valence-corrected chi connectivity index (χ2v) is 7.93. The highest BCUT2D eigenvalue weighted by molar-refractivity contribution is 5.86. The highest BCUT2D eigenvalue weighted by Gasteiger charge is 2.27. The van der Waals surface area contributed by atoms with Crippen molar-refractivity contribution in [1.29, 1.82) is 0 Å². The van der Waals surface area contributed by atoms with Crippen molar-refractivity contribution in [1.82, 2.24) is 9.47 Å². The second-order valence-electron chi connectivity index (χ2n) is 7.93. The average molecular weight is 405 g/mol. The van der Waals surface area contributed by atoms with E-state index >= 15 is 0 Å². The molecule has 30 heavy (non-hydrogen) atoms. The van der Waals surface area contributed by atoms with Crippen molar-refractivity contribution < 1.29 is 9.53 Å². The van der Waals surface area contributed by atoms with Gasteiger partial charge in [0.2, 0.25) is 0 Å². The van der Waals surface area contributed by atoms with Crippen LogP contribution >= 0.6 is 0 Å². The Morgan fingerprint density at radius 1 is 1.10 bits per heavy atom. The van der Waals surface area contributed by atoms with Crippen LogP contribution in [0.3, 0.4) is 0 Å². The lowest BCUT2D eigenvalue weighted by Crippen LogP contribution is -2.54. The molecule has 0 aliphatic carbocycles. The monoisotopic (exact) mass is 405 g/mol. The van der Waals surface area contributed by atoms with Gasteiger partial charge in [-0.15, -0.1) is 0 Å². The first-order valence-electron chi connectivity index (χ1n) is 10.3. The number of hydrogen-bond acceptors (Lipinski definition) is 4. The Labute approximate surface area is 176 Å². The molecule has 156 valence electrons. The molecule has 1 saturated heterocycles. The van der Waals surface area contributed by atoms with Gasteiger partial charge in [0.25, 0.3) is 11.5 Å². The number of amides is 1. The molecule has 1 aliphatic heterocycles. The summed E-state index contributed by atoms with van der Waals surface area (Å²) >= 11 is 0. The van der Waals surface area contributed by atoms with Gasteiger partial charge in [0, 0.05) is 49.9 Å². The number of carbonyl (C=O) groups is 1. The molecule has 3 aromatic rings. The zero-order valence-corrected chi connectivity index (χ0v) is 17.7. The Morgan fingerprint density at radius 3 is 2.57 bits per heavy atom. The number of benzene rings is 2. The van der Waals surface area contributed by atoms with Crippen molar-refractivity contribution in [3.63, 3.8) is 0 Å². The SMILES string of the molecule is Cc1ccc(N2CCN(C(=O)COc3cc(=O)n(C)c4ccccc34)C[C@@H]2C)cc1. The fourth-order valence-corrected chi connectivity index (χ4v) is 4.03. The van der Waals surface area contributed by atoms with Crippen LogP contribution in [0.2, 0.25) is 0 Å². The topological polar surface area (TPSA) is 54.8 Å². The lowest BCUT2D eigenvalue weighted by atomic mass is 10.1. The molecule has 0 N–H and O–H groups in total. The summed E-state index contributed by atoms with van der Waals surface area (Å²) in [5.41, 5.74) is 3.05. The number of nitrogens with zero attached hydrogens (tertiary/aromatic N) is 3. The van der Waals surface area contributed by atoms with Gasteiger partial charge >= 0.3 is 0 Å². The molecule has 0 bridgehead atoms. The number of pyridine rings is 1. The summed E-state index contributed by atoms with van der Waals surface area (Å²) in [7, 11) is 1.73. The molecular weight excluding hydrogens is 378 g/mol. The Bertz CT molecular complexity index is 1120. The summed E-state index contributed by atoms with van der Waals surface area (Å²) in [6.45, 7) is 6.22. The number of anilines is 1. The fraction of sp³-hybridized carbons (Fsp3) is 0.333. The highest BCUT2D eigenvalue weighted by Crippen LogP contribution is 2.24. The lowest BCUT2D eigenvalue weighted by molar-refractivity contribution is -0.134. The quantitative estimate of drug-likeness (QED) is 0.670. The minimum Gasteiger partial charge on any atom is -0.483 e. The Hall–Kier alpha value is -3.28. The molecule has 1 fully saturated rings. The van der Waals surface area contributed by atoms with E-state index in [1.54, 1.807) is 11.6 Å². The van der Waals surface area contributed by atoms with Crippen molar-refractivity contribution in [2.24, 2.45) is 7.05 Å². The second kappa shape index (κ2) is 8.22. The number of carbonyl (C=O) groups excluding carboxylic acids is 1. The molecule has 6 heteroatoms. The molecule has 2 aromatic carbocycles. The summed E-state index contributed by atoms with van der Waals surface area (Å²) < 4.78 is 7.39. The van der Waals surface area contributed by atoms with Crippen LogP contribution in [0, 0.1) is 6.92 Å². The molecule has 4 rings (SSSR count). The van der Waals surface area contributed by atoms with Gasteiger partial charge < -0.3 is 19.1 Å². The maximum absolute atomic E-state index is 12.8. The number of para-hydroxylation sites is 1. The van der Waals surface area contributed by atoms with E-state index in [0.717, 1.165) is 17.4 Å². The van der Waals surface area contributed by atoms with Crippen molar-refractivity contribution in [2.45, 2.75) is 19.9 Å². The highest BCUT2D eigenvalue weighted by atomic mass is 16.5. The Kier molecular flexibility index (Phi) is 5.48. The maximum atomic E-state index is 12.8. The van der Waals surface area contributed by atoms with Crippen molar-refractivity contribution in [3.05, 3.63) is 70.5 Å². The summed E-state index contributed by atoms with van der Waals surface area (Å²) in [4.78, 5) is 29.2. The zero-order chi connectivity index (χ0) is 21.3. The molecule has 1 aromatic heterocycles. The van der Waals surface area contributed by atoms with E-state index < -0.39 is 0 Å². The first-order chi connectivity index (χ1) is 14.4. The van der Waals surface area contributed by atoms with Gasteiger partial charge in [0.1, 0.15) is 5.75 Å². The minimum absolute atomic E-state index is 0.0600. The molecule has 1 aliphatic rings. The predicted molar refractivity (Wildman–Crippen MR) is 119 cm³/mol. The normalized spacial score (nSPS) is 16.7. The number of aromatic nitrogens is 1. The lowest BCUT2D eigenvalue weighted by Gasteiger charge is -2.41. The van der Waals surface area contributed by atoms with Crippen LogP contribution in [-0.2, 0) is 11.8 Å². The first-order valence-corrected chi connectivity index (χ1v) is 10.3. The molecule has 6 nitrogen and oxygen atoms in total. The van der Waals surface area contributed by atoms with Crippen LogP contribution in [0.15, 0.2) is 59.4 Å². The van der Waals surface area contributed by atoms with Crippen LogP contribution in [0.5, 0.6) is 5.75 Å². The van der Waals surface area contributed by atoms with Crippen LogP contribution in [0.1, 0.15) is 12.5 Å². The van der Waals surface area contributed by atoms with E-state index in [4.69, 9.17) is 4.74 Å². The van der Waals surface area contributed by atoms with Crippen molar-refractivity contribution >= 4 is 22.5 Å². The maximum Gasteiger partial charge on any atom is 0.260 e. The summed E-state index contributed by atoms with van der Waals surface area (Å²) in [5.74, 6) is 0.392. The van der Waals surface area contributed by atoms with Gasteiger partial charge in [-0.25, -0.2) is 0 Å². The average Bonchev–Trinajstić information content (AvgIpc) is 2.76. The van der Waals surface area contributed by atoms with Gasteiger partial charge in [0.05, 0.1) is 5.52 Å². The molecule has 2 heterocycles. The molecule has 0 radical (unpaired) electrons. The number of hydrogen-bond donors (Lipinski definition) is 0. The standard InChI is InChI=1S/C24H27N3O3/c1-17-8-10-19(11-9-17)27-13-12-26(15-18(27)2)24(29)16-30-22-14-23(28)25(3)21-7-5-4-6-20(21)22/h4-11,14,18H,12-13,15-16H2,1-3H3/t18-/m0/s1. The Morgan fingerprint density at radius 2 is 1.83 bits per heavy atom. The smallest absolute Gasteiger partial charge is 0.260 e. The van der Waals surface area contributed by atoms with Crippen LogP contribution in [0.4, 0.5) is 5.69 Å².